The Balaban J connectivity index is 1.69. The van der Waals surface area contributed by atoms with Crippen LogP contribution in [0.5, 0.6) is 0 Å². The fraction of sp³-hybridized carbons (Fsp3) is 0.400. The van der Waals surface area contributed by atoms with E-state index in [1.165, 1.54) is 41.1 Å². The first-order valence-corrected chi connectivity index (χ1v) is 8.64. The smallest absolute Gasteiger partial charge is 0.0233 e. The highest BCUT2D eigenvalue weighted by Crippen LogP contribution is 2.37. The van der Waals surface area contributed by atoms with E-state index in [-0.39, 0.29) is 0 Å². The number of hydrogen-bond donors (Lipinski definition) is 1. The molecule has 0 unspecified atom stereocenters. The van der Waals surface area contributed by atoms with E-state index in [0.29, 0.717) is 11.8 Å². The maximum Gasteiger partial charge on any atom is 0.0233 e. The van der Waals surface area contributed by atoms with E-state index in [9.17, 15) is 0 Å². The summed E-state index contributed by atoms with van der Waals surface area (Å²) in [6.45, 7) is 7.95. The van der Waals surface area contributed by atoms with Gasteiger partial charge in [-0.1, -0.05) is 55.5 Å². The van der Waals surface area contributed by atoms with Crippen molar-refractivity contribution in [3.8, 4) is 0 Å². The van der Waals surface area contributed by atoms with Crippen molar-refractivity contribution in [3.63, 3.8) is 0 Å². The number of nitrogens with zero attached hydrogens (tertiary/aromatic N) is 1. The zero-order valence-corrected chi connectivity index (χ0v) is 14.4. The molecule has 1 saturated heterocycles. The molecule has 1 heterocycles. The minimum atomic E-state index is 0.638. The van der Waals surface area contributed by atoms with Gasteiger partial charge in [-0.15, -0.1) is 12.6 Å². The molecule has 0 saturated carbocycles. The zero-order chi connectivity index (χ0) is 15.5. The molecule has 2 aromatic rings. The number of aryl methyl sites for hydroxylation is 1. The quantitative estimate of drug-likeness (QED) is 0.788. The molecule has 0 N–H and O–H groups in total. The van der Waals surface area contributed by atoms with Gasteiger partial charge in [0.1, 0.15) is 0 Å². The third-order valence-electron chi connectivity index (χ3n) is 4.91. The number of benzene rings is 2. The molecule has 0 bridgehead atoms. The van der Waals surface area contributed by atoms with Crippen LogP contribution in [0, 0.1) is 12.8 Å². The lowest BCUT2D eigenvalue weighted by Crippen LogP contribution is -2.38. The third kappa shape index (κ3) is 3.39. The molecule has 1 aliphatic rings. The normalized spacial score (nSPS) is 22.7. The highest BCUT2D eigenvalue weighted by atomic mass is 32.1. The Kier molecular flexibility index (Phi) is 4.90. The summed E-state index contributed by atoms with van der Waals surface area (Å²) in [6.07, 6.45) is 1.23. The predicted molar refractivity (Wildman–Crippen MR) is 96.7 cm³/mol. The Morgan fingerprint density at radius 2 is 1.86 bits per heavy atom. The number of hydrogen-bond acceptors (Lipinski definition) is 2. The molecular weight excluding hydrogens is 286 g/mol. The minimum Gasteiger partial charge on any atom is -0.299 e. The molecule has 0 amide bonds. The van der Waals surface area contributed by atoms with Gasteiger partial charge < -0.3 is 0 Å². The highest BCUT2D eigenvalue weighted by Gasteiger charge is 2.28. The summed E-state index contributed by atoms with van der Waals surface area (Å²) >= 11 is 4.75. The number of piperidine rings is 1. The van der Waals surface area contributed by atoms with Crippen molar-refractivity contribution in [2.24, 2.45) is 5.92 Å². The lowest BCUT2D eigenvalue weighted by molar-refractivity contribution is 0.155. The molecule has 2 atom stereocenters. The van der Waals surface area contributed by atoms with Gasteiger partial charge in [-0.25, -0.2) is 0 Å². The summed E-state index contributed by atoms with van der Waals surface area (Å²) in [6, 6.07) is 17.4. The average Bonchev–Trinajstić information content (AvgIpc) is 2.52. The van der Waals surface area contributed by atoms with Crippen LogP contribution in [0.15, 0.2) is 53.4 Å². The summed E-state index contributed by atoms with van der Waals surface area (Å²) in [5.41, 5.74) is 4.15. The molecule has 1 nitrogen and oxygen atoms in total. The molecule has 116 valence electrons. The molecule has 3 rings (SSSR count). The number of likely N-dealkylation sites (tertiary alicyclic amines) is 1. The first-order valence-electron chi connectivity index (χ1n) is 8.20. The van der Waals surface area contributed by atoms with Gasteiger partial charge >= 0.3 is 0 Å². The van der Waals surface area contributed by atoms with E-state index in [1.807, 2.05) is 0 Å². The first kappa shape index (κ1) is 15.6. The first-order chi connectivity index (χ1) is 10.6. The maximum atomic E-state index is 4.75. The second-order valence-corrected chi connectivity index (χ2v) is 7.05. The second kappa shape index (κ2) is 6.89. The highest BCUT2D eigenvalue weighted by molar-refractivity contribution is 7.80. The molecule has 1 fully saturated rings. The molecule has 2 heteroatoms. The van der Waals surface area contributed by atoms with Gasteiger partial charge in [0.25, 0.3) is 0 Å². The molecule has 2 aromatic carbocycles. The van der Waals surface area contributed by atoms with Crippen molar-refractivity contribution in [1.82, 2.24) is 4.90 Å². The molecule has 0 aromatic heterocycles. The van der Waals surface area contributed by atoms with E-state index in [2.05, 4.69) is 67.3 Å². The average molecular weight is 311 g/mol. The Bertz CT molecular complexity index is 623. The number of thiol groups is 1. The van der Waals surface area contributed by atoms with Crippen molar-refractivity contribution < 1.29 is 0 Å². The second-order valence-electron chi connectivity index (χ2n) is 6.61. The zero-order valence-electron chi connectivity index (χ0n) is 13.5. The van der Waals surface area contributed by atoms with Gasteiger partial charge in [-0.2, -0.15) is 0 Å². The Labute approximate surface area is 139 Å². The van der Waals surface area contributed by atoms with Crippen LogP contribution in [0.25, 0.3) is 0 Å². The monoisotopic (exact) mass is 311 g/mol. The van der Waals surface area contributed by atoms with Crippen molar-refractivity contribution in [2.45, 2.75) is 37.6 Å². The Hall–Kier alpha value is -1.25. The molecular formula is C20H25NS. The van der Waals surface area contributed by atoms with Crippen LogP contribution in [-0.2, 0) is 6.54 Å². The van der Waals surface area contributed by atoms with E-state index in [0.717, 1.165) is 6.54 Å². The third-order valence-corrected chi connectivity index (χ3v) is 5.52. The van der Waals surface area contributed by atoms with Crippen LogP contribution in [0.3, 0.4) is 0 Å². The molecule has 0 radical (unpaired) electrons. The molecule has 0 spiro atoms. The lowest BCUT2D eigenvalue weighted by Gasteiger charge is -2.38. The van der Waals surface area contributed by atoms with Crippen LogP contribution >= 0.6 is 12.6 Å². The summed E-state index contributed by atoms with van der Waals surface area (Å²) < 4.78 is 0. The van der Waals surface area contributed by atoms with Gasteiger partial charge in [0.2, 0.25) is 0 Å². The van der Waals surface area contributed by atoms with Crippen LogP contribution < -0.4 is 0 Å². The van der Waals surface area contributed by atoms with Crippen LogP contribution in [0.1, 0.15) is 36.0 Å². The standard InChI is InChI=1S/C20H25NS/c1-15-7-6-10-19(20(15)22)18-11-12-21(13-16(18)2)14-17-8-4-3-5-9-17/h3-10,16,18,22H,11-14H2,1-2H3/t16-,18+/m1/s1. The van der Waals surface area contributed by atoms with Gasteiger partial charge in [0.15, 0.2) is 0 Å². The van der Waals surface area contributed by atoms with E-state index in [4.69, 9.17) is 12.6 Å². The molecule has 22 heavy (non-hydrogen) atoms. The SMILES string of the molecule is Cc1cccc([C@H]2CCN(Cc3ccccc3)C[C@H]2C)c1S. The maximum absolute atomic E-state index is 4.75. The van der Waals surface area contributed by atoms with Crippen LogP contribution in [0.4, 0.5) is 0 Å². The predicted octanol–water partition coefficient (Wildman–Crippen LogP) is 4.91. The Morgan fingerprint density at radius 3 is 2.59 bits per heavy atom. The van der Waals surface area contributed by atoms with E-state index >= 15 is 0 Å². The fourth-order valence-electron chi connectivity index (χ4n) is 3.66. The van der Waals surface area contributed by atoms with Crippen LogP contribution in [0.2, 0.25) is 0 Å². The summed E-state index contributed by atoms with van der Waals surface area (Å²) in [5.74, 6) is 1.31. The Morgan fingerprint density at radius 1 is 1.09 bits per heavy atom. The van der Waals surface area contributed by atoms with Gasteiger partial charge in [0.05, 0.1) is 0 Å². The van der Waals surface area contributed by atoms with Crippen molar-refractivity contribution in [1.29, 1.82) is 0 Å². The summed E-state index contributed by atoms with van der Waals surface area (Å²) in [5, 5.41) is 0. The van der Waals surface area contributed by atoms with Crippen molar-refractivity contribution in [3.05, 3.63) is 65.2 Å². The van der Waals surface area contributed by atoms with Gasteiger partial charge in [-0.3, -0.25) is 4.90 Å². The van der Waals surface area contributed by atoms with E-state index in [1.54, 1.807) is 0 Å². The lowest BCUT2D eigenvalue weighted by atomic mass is 9.81. The van der Waals surface area contributed by atoms with Crippen molar-refractivity contribution >= 4 is 12.6 Å². The summed E-state index contributed by atoms with van der Waals surface area (Å²) in [4.78, 5) is 3.78. The largest absolute Gasteiger partial charge is 0.299 e. The van der Waals surface area contributed by atoms with E-state index < -0.39 is 0 Å². The summed E-state index contributed by atoms with van der Waals surface area (Å²) in [7, 11) is 0. The fourth-order valence-corrected chi connectivity index (χ4v) is 3.97. The minimum absolute atomic E-state index is 0.638. The van der Waals surface area contributed by atoms with Crippen LogP contribution in [-0.4, -0.2) is 18.0 Å². The van der Waals surface area contributed by atoms with Crippen molar-refractivity contribution in [2.75, 3.05) is 13.1 Å². The van der Waals surface area contributed by atoms with Gasteiger partial charge in [0, 0.05) is 18.0 Å². The van der Waals surface area contributed by atoms with Gasteiger partial charge in [-0.05, 0) is 48.4 Å². The molecule has 1 aliphatic heterocycles. The topological polar surface area (TPSA) is 3.24 Å². The number of rotatable bonds is 3. The molecule has 0 aliphatic carbocycles.